The Hall–Kier alpha value is -1.21. The van der Waals surface area contributed by atoms with Crippen molar-refractivity contribution in [3.63, 3.8) is 0 Å². The molecule has 15 heavy (non-hydrogen) atoms. The van der Waals surface area contributed by atoms with Crippen molar-refractivity contribution in [2.45, 2.75) is 26.1 Å². The molecular weight excluding hydrogens is 258 g/mol. The quantitative estimate of drug-likeness (QED) is 0.786. The average molecular weight is 268 g/mol. The van der Waals surface area contributed by atoms with Gasteiger partial charge in [0.1, 0.15) is 0 Å². The first-order chi connectivity index (χ1) is 7.02. The number of halogens is 1. The van der Waals surface area contributed by atoms with Crippen LogP contribution in [0.5, 0.6) is 11.5 Å². The lowest BCUT2D eigenvalue weighted by Gasteiger charge is -2.16. The van der Waals surface area contributed by atoms with Crippen LogP contribution in [0.4, 0.5) is 0 Å². The van der Waals surface area contributed by atoms with E-state index in [1.54, 1.807) is 0 Å². The van der Waals surface area contributed by atoms with E-state index in [-0.39, 0.29) is 0 Å². The Labute approximate surface area is 96.7 Å². The first-order valence-corrected chi connectivity index (χ1v) is 5.38. The van der Waals surface area contributed by atoms with E-state index in [0.717, 1.165) is 10.0 Å². The van der Waals surface area contributed by atoms with E-state index >= 15 is 0 Å². The van der Waals surface area contributed by atoms with Gasteiger partial charge in [0.15, 0.2) is 11.5 Å². The maximum atomic E-state index is 8.65. The Kier molecular flexibility index (Phi) is 2.35. The number of fused-ring (bicyclic) bond motifs is 1. The van der Waals surface area contributed by atoms with Crippen molar-refractivity contribution in [1.29, 1.82) is 5.26 Å². The van der Waals surface area contributed by atoms with Gasteiger partial charge in [-0.15, -0.1) is 0 Å². The first kappa shape index (κ1) is 10.3. The van der Waals surface area contributed by atoms with Gasteiger partial charge in [0, 0.05) is 18.3 Å². The molecule has 0 radical (unpaired) electrons. The zero-order chi connectivity index (χ0) is 11.1. The highest BCUT2D eigenvalue weighted by atomic mass is 79.9. The Balaban J connectivity index is 2.42. The zero-order valence-electron chi connectivity index (χ0n) is 8.50. The molecule has 0 saturated carbocycles. The molecule has 0 unspecified atom stereocenters. The van der Waals surface area contributed by atoms with Crippen LogP contribution in [0, 0.1) is 11.3 Å². The molecule has 0 fully saturated rings. The van der Waals surface area contributed by atoms with Crippen molar-refractivity contribution in [2.24, 2.45) is 0 Å². The van der Waals surface area contributed by atoms with Gasteiger partial charge in [-0.05, 0) is 17.7 Å². The zero-order valence-corrected chi connectivity index (χ0v) is 10.1. The van der Waals surface area contributed by atoms with Crippen molar-refractivity contribution >= 4 is 15.9 Å². The summed E-state index contributed by atoms with van der Waals surface area (Å²) in [6.45, 7) is 3.70. The number of hydrogen-bond acceptors (Lipinski definition) is 3. The lowest BCUT2D eigenvalue weighted by atomic mass is 10.1. The van der Waals surface area contributed by atoms with E-state index in [2.05, 4.69) is 22.0 Å². The maximum absolute atomic E-state index is 8.65. The lowest BCUT2D eigenvalue weighted by Crippen LogP contribution is -2.29. The fraction of sp³-hybridized carbons (Fsp3) is 0.364. The van der Waals surface area contributed by atoms with Crippen LogP contribution in [0.1, 0.15) is 19.4 Å². The van der Waals surface area contributed by atoms with E-state index in [1.165, 1.54) is 0 Å². The third kappa shape index (κ3) is 1.93. The van der Waals surface area contributed by atoms with Crippen molar-refractivity contribution < 1.29 is 9.47 Å². The summed E-state index contributed by atoms with van der Waals surface area (Å²) < 4.78 is 12.0. The van der Waals surface area contributed by atoms with E-state index in [9.17, 15) is 0 Å². The van der Waals surface area contributed by atoms with Crippen LogP contribution in [0.3, 0.4) is 0 Å². The van der Waals surface area contributed by atoms with Crippen molar-refractivity contribution in [3.8, 4) is 17.6 Å². The summed E-state index contributed by atoms with van der Waals surface area (Å²) in [6.07, 6.45) is 0.359. The predicted octanol–water partition coefficient (Wildman–Crippen LogP) is 3.02. The molecule has 0 bridgehead atoms. The summed E-state index contributed by atoms with van der Waals surface area (Å²) in [5, 5.41) is 8.65. The molecule has 0 amide bonds. The minimum absolute atomic E-state index is 0.359. The van der Waals surface area contributed by atoms with Crippen molar-refractivity contribution in [2.75, 3.05) is 0 Å². The number of benzene rings is 1. The molecule has 1 aromatic carbocycles. The molecule has 0 aliphatic carbocycles. The van der Waals surface area contributed by atoms with Gasteiger partial charge in [0.05, 0.1) is 12.5 Å². The number of rotatable bonds is 1. The summed E-state index contributed by atoms with van der Waals surface area (Å²) in [6, 6.07) is 5.80. The van der Waals surface area contributed by atoms with Gasteiger partial charge in [0.2, 0.25) is 5.79 Å². The van der Waals surface area contributed by atoms with Gasteiger partial charge in [0.25, 0.3) is 0 Å². The van der Waals surface area contributed by atoms with E-state index < -0.39 is 5.79 Å². The topological polar surface area (TPSA) is 42.2 Å². The van der Waals surface area contributed by atoms with Crippen LogP contribution in [0.2, 0.25) is 0 Å². The first-order valence-electron chi connectivity index (χ1n) is 4.59. The Morgan fingerprint density at radius 1 is 1.33 bits per heavy atom. The largest absolute Gasteiger partial charge is 0.449 e. The highest BCUT2D eigenvalue weighted by Gasteiger charge is 2.32. The van der Waals surface area contributed by atoms with Crippen LogP contribution >= 0.6 is 15.9 Å². The minimum Gasteiger partial charge on any atom is -0.449 e. The molecule has 1 aliphatic rings. The van der Waals surface area contributed by atoms with Crippen molar-refractivity contribution in [1.82, 2.24) is 0 Å². The molecule has 0 aromatic heterocycles. The second-order valence-corrected chi connectivity index (χ2v) is 4.68. The van der Waals surface area contributed by atoms with Gasteiger partial charge in [-0.25, -0.2) is 0 Å². The van der Waals surface area contributed by atoms with Crippen LogP contribution in [-0.2, 0) is 6.42 Å². The molecule has 2 rings (SSSR count). The molecule has 4 heteroatoms. The Morgan fingerprint density at radius 3 is 2.53 bits per heavy atom. The number of nitriles is 1. The summed E-state index contributed by atoms with van der Waals surface area (Å²) in [4.78, 5) is 0. The molecule has 1 aromatic rings. The summed E-state index contributed by atoms with van der Waals surface area (Å²) in [5.74, 6) is 0.801. The minimum atomic E-state index is -0.618. The van der Waals surface area contributed by atoms with Crippen molar-refractivity contribution in [3.05, 3.63) is 22.2 Å². The summed E-state index contributed by atoms with van der Waals surface area (Å²) in [5.41, 5.74) is 0.914. The number of hydrogen-bond donors (Lipinski definition) is 0. The molecule has 1 heterocycles. The summed E-state index contributed by atoms with van der Waals surface area (Å²) >= 11 is 3.40. The second-order valence-electron chi connectivity index (χ2n) is 3.83. The summed E-state index contributed by atoms with van der Waals surface area (Å²) in [7, 11) is 0. The predicted molar refractivity (Wildman–Crippen MR) is 58.8 cm³/mol. The third-order valence-corrected chi connectivity index (χ3v) is 2.83. The highest BCUT2D eigenvalue weighted by Crippen LogP contribution is 2.42. The average Bonchev–Trinajstić information content (AvgIpc) is 2.39. The fourth-order valence-corrected chi connectivity index (χ4v) is 1.97. The van der Waals surface area contributed by atoms with E-state index in [4.69, 9.17) is 14.7 Å². The van der Waals surface area contributed by atoms with Crippen LogP contribution in [-0.4, -0.2) is 5.79 Å². The SMILES string of the molecule is CC1(C)Oc2cc(Br)c(CC#N)cc2O1. The third-order valence-electron chi connectivity index (χ3n) is 2.09. The highest BCUT2D eigenvalue weighted by molar-refractivity contribution is 9.10. The molecule has 1 aliphatic heterocycles. The Bertz CT molecular complexity index is 449. The molecule has 0 N–H and O–H groups in total. The maximum Gasteiger partial charge on any atom is 0.246 e. The molecule has 0 saturated heterocycles. The normalized spacial score (nSPS) is 16.1. The molecule has 78 valence electrons. The molecule has 0 atom stereocenters. The van der Waals surface area contributed by atoms with Gasteiger partial charge in [-0.2, -0.15) is 5.26 Å². The van der Waals surface area contributed by atoms with Crippen LogP contribution in [0.25, 0.3) is 0 Å². The van der Waals surface area contributed by atoms with E-state index in [1.807, 2.05) is 26.0 Å². The van der Waals surface area contributed by atoms with E-state index in [0.29, 0.717) is 17.9 Å². The van der Waals surface area contributed by atoms with Crippen LogP contribution in [0.15, 0.2) is 16.6 Å². The monoisotopic (exact) mass is 267 g/mol. The van der Waals surface area contributed by atoms with Gasteiger partial charge < -0.3 is 9.47 Å². The lowest BCUT2D eigenvalue weighted by molar-refractivity contribution is -0.0431. The second kappa shape index (κ2) is 3.42. The van der Waals surface area contributed by atoms with Gasteiger partial charge in [-0.1, -0.05) is 15.9 Å². The Morgan fingerprint density at radius 2 is 1.93 bits per heavy atom. The molecule has 0 spiro atoms. The fourth-order valence-electron chi connectivity index (χ4n) is 1.51. The number of nitrogens with zero attached hydrogens (tertiary/aromatic N) is 1. The van der Waals surface area contributed by atoms with Gasteiger partial charge >= 0.3 is 0 Å². The number of ether oxygens (including phenoxy) is 2. The van der Waals surface area contributed by atoms with Gasteiger partial charge in [-0.3, -0.25) is 0 Å². The molecular formula is C11H10BrNO2. The smallest absolute Gasteiger partial charge is 0.246 e. The van der Waals surface area contributed by atoms with Crippen LogP contribution < -0.4 is 9.47 Å². The molecule has 3 nitrogen and oxygen atoms in total. The standard InChI is InChI=1S/C11H10BrNO2/c1-11(2)14-9-5-7(3-4-13)8(12)6-10(9)15-11/h5-6H,3H2,1-2H3.